The standard InChI is InChI=1S/C19H30O/c1-18-11-4-3-5-13(18)6-7-14-15-8-9-17(20)19(15,2)12-10-16(14)18/h3,5,13-17,20H,4,6-12H2,1-2H3/t13-,14+,15+,16+,17-,18+,19-/m0/s1. The number of allylic oxidation sites excluding steroid dienone is 2. The second-order valence-corrected chi connectivity index (χ2v) is 8.67. The molecule has 0 aromatic carbocycles. The lowest BCUT2D eigenvalue weighted by atomic mass is 9.46. The molecule has 0 aromatic heterocycles. The third-order valence-corrected chi connectivity index (χ3v) is 8.11. The highest BCUT2D eigenvalue weighted by Gasteiger charge is 2.59. The lowest BCUT2D eigenvalue weighted by Crippen LogP contribution is -2.52. The first-order valence-corrected chi connectivity index (χ1v) is 8.90. The van der Waals surface area contributed by atoms with E-state index in [1.54, 1.807) is 0 Å². The van der Waals surface area contributed by atoms with E-state index < -0.39 is 0 Å². The molecule has 112 valence electrons. The molecule has 4 aliphatic rings. The summed E-state index contributed by atoms with van der Waals surface area (Å²) in [6.07, 6.45) is 15.4. The van der Waals surface area contributed by atoms with Gasteiger partial charge in [-0.15, -0.1) is 0 Å². The molecule has 1 nitrogen and oxygen atoms in total. The maximum atomic E-state index is 10.5. The van der Waals surface area contributed by atoms with Crippen LogP contribution in [0.2, 0.25) is 0 Å². The molecule has 0 amide bonds. The predicted octanol–water partition coefficient (Wildman–Crippen LogP) is 4.56. The average Bonchev–Trinajstić information content (AvgIpc) is 2.74. The molecular formula is C19H30O. The third-order valence-electron chi connectivity index (χ3n) is 8.11. The molecule has 1 N–H and O–H groups in total. The predicted molar refractivity (Wildman–Crippen MR) is 82.3 cm³/mol. The van der Waals surface area contributed by atoms with Gasteiger partial charge in [0, 0.05) is 0 Å². The summed E-state index contributed by atoms with van der Waals surface area (Å²) >= 11 is 0. The summed E-state index contributed by atoms with van der Waals surface area (Å²) in [5, 5.41) is 10.5. The minimum atomic E-state index is -0.0229. The van der Waals surface area contributed by atoms with E-state index in [-0.39, 0.29) is 11.5 Å². The van der Waals surface area contributed by atoms with E-state index in [1.165, 1.54) is 44.9 Å². The van der Waals surface area contributed by atoms with Crippen LogP contribution in [0.4, 0.5) is 0 Å². The Bertz CT molecular complexity index is 427. The minimum Gasteiger partial charge on any atom is -0.393 e. The van der Waals surface area contributed by atoms with Gasteiger partial charge in [-0.05, 0) is 85.9 Å². The molecule has 0 saturated heterocycles. The molecule has 7 atom stereocenters. The van der Waals surface area contributed by atoms with Crippen molar-refractivity contribution in [3.8, 4) is 0 Å². The summed E-state index contributed by atoms with van der Waals surface area (Å²) < 4.78 is 0. The van der Waals surface area contributed by atoms with Crippen molar-refractivity contribution in [2.75, 3.05) is 0 Å². The molecule has 4 rings (SSSR count). The molecule has 3 saturated carbocycles. The zero-order chi connectivity index (χ0) is 14.0. The molecule has 0 aromatic rings. The number of rotatable bonds is 0. The Labute approximate surface area is 123 Å². The van der Waals surface area contributed by atoms with Crippen molar-refractivity contribution in [1.29, 1.82) is 0 Å². The van der Waals surface area contributed by atoms with Crippen LogP contribution in [-0.2, 0) is 0 Å². The van der Waals surface area contributed by atoms with E-state index in [1.807, 2.05) is 0 Å². The monoisotopic (exact) mass is 274 g/mol. The molecule has 0 bridgehead atoms. The SMILES string of the molecule is C[C@]12CC[C@@H]3[C@H](CC[C@@H]4C=CCC[C@@]34C)[C@H]1CC[C@@H]2O. The lowest BCUT2D eigenvalue weighted by molar-refractivity contribution is -0.104. The van der Waals surface area contributed by atoms with Crippen molar-refractivity contribution in [1.82, 2.24) is 0 Å². The van der Waals surface area contributed by atoms with Crippen molar-refractivity contribution in [2.24, 2.45) is 34.5 Å². The van der Waals surface area contributed by atoms with Crippen molar-refractivity contribution >= 4 is 0 Å². The Morgan fingerprint density at radius 2 is 1.70 bits per heavy atom. The van der Waals surface area contributed by atoms with Crippen LogP contribution in [0.15, 0.2) is 12.2 Å². The van der Waals surface area contributed by atoms with Gasteiger partial charge in [0.25, 0.3) is 0 Å². The second kappa shape index (κ2) is 4.35. The molecule has 1 heteroatoms. The molecule has 0 radical (unpaired) electrons. The first-order chi connectivity index (χ1) is 9.56. The maximum Gasteiger partial charge on any atom is 0.0596 e. The Balaban J connectivity index is 1.67. The molecule has 0 aliphatic heterocycles. The van der Waals surface area contributed by atoms with Gasteiger partial charge in [0.05, 0.1) is 6.10 Å². The van der Waals surface area contributed by atoms with Crippen LogP contribution in [0.1, 0.15) is 65.2 Å². The summed E-state index contributed by atoms with van der Waals surface area (Å²) in [6.45, 7) is 4.98. The maximum absolute atomic E-state index is 10.5. The Morgan fingerprint density at radius 3 is 2.55 bits per heavy atom. The number of aliphatic hydroxyl groups is 1. The van der Waals surface area contributed by atoms with Gasteiger partial charge in [-0.3, -0.25) is 0 Å². The fourth-order valence-corrected chi connectivity index (χ4v) is 6.80. The van der Waals surface area contributed by atoms with E-state index in [2.05, 4.69) is 26.0 Å². The number of fused-ring (bicyclic) bond motifs is 5. The van der Waals surface area contributed by atoms with Gasteiger partial charge in [0.15, 0.2) is 0 Å². The smallest absolute Gasteiger partial charge is 0.0596 e. The van der Waals surface area contributed by atoms with Gasteiger partial charge in [-0.25, -0.2) is 0 Å². The van der Waals surface area contributed by atoms with E-state index in [9.17, 15) is 5.11 Å². The molecule has 0 spiro atoms. The van der Waals surface area contributed by atoms with Crippen LogP contribution in [0.5, 0.6) is 0 Å². The summed E-state index contributed by atoms with van der Waals surface area (Å²) in [6, 6.07) is 0. The molecule has 0 heterocycles. The molecule has 3 fully saturated rings. The zero-order valence-corrected chi connectivity index (χ0v) is 13.1. The van der Waals surface area contributed by atoms with E-state index in [4.69, 9.17) is 0 Å². The highest BCUT2D eigenvalue weighted by Crippen LogP contribution is 2.65. The normalized spacial score (nSPS) is 57.9. The van der Waals surface area contributed by atoms with E-state index in [0.29, 0.717) is 5.41 Å². The van der Waals surface area contributed by atoms with Gasteiger partial charge in [0.2, 0.25) is 0 Å². The topological polar surface area (TPSA) is 20.2 Å². The number of hydrogen-bond acceptors (Lipinski definition) is 1. The third kappa shape index (κ3) is 1.59. The fraction of sp³-hybridized carbons (Fsp3) is 0.895. The summed E-state index contributed by atoms with van der Waals surface area (Å²) in [5.41, 5.74) is 0.807. The highest BCUT2D eigenvalue weighted by atomic mass is 16.3. The number of hydrogen-bond donors (Lipinski definition) is 1. The summed E-state index contributed by atoms with van der Waals surface area (Å²) in [7, 11) is 0. The Morgan fingerprint density at radius 1 is 0.900 bits per heavy atom. The van der Waals surface area contributed by atoms with Crippen molar-refractivity contribution < 1.29 is 5.11 Å². The highest BCUT2D eigenvalue weighted by molar-refractivity contribution is 5.13. The first-order valence-electron chi connectivity index (χ1n) is 8.90. The first kappa shape index (κ1) is 13.4. The van der Waals surface area contributed by atoms with Crippen molar-refractivity contribution in [2.45, 2.75) is 71.3 Å². The summed E-state index contributed by atoms with van der Waals surface area (Å²) in [5.74, 6) is 3.47. The molecule has 20 heavy (non-hydrogen) atoms. The van der Waals surface area contributed by atoms with Gasteiger partial charge < -0.3 is 5.11 Å². The average molecular weight is 274 g/mol. The van der Waals surface area contributed by atoms with Crippen LogP contribution >= 0.6 is 0 Å². The Kier molecular flexibility index (Phi) is 2.91. The van der Waals surface area contributed by atoms with E-state index in [0.717, 1.165) is 30.1 Å². The van der Waals surface area contributed by atoms with Crippen LogP contribution in [-0.4, -0.2) is 11.2 Å². The van der Waals surface area contributed by atoms with Gasteiger partial charge >= 0.3 is 0 Å². The largest absolute Gasteiger partial charge is 0.393 e. The van der Waals surface area contributed by atoms with Crippen LogP contribution in [0, 0.1) is 34.5 Å². The fourth-order valence-electron chi connectivity index (χ4n) is 6.80. The van der Waals surface area contributed by atoms with Crippen molar-refractivity contribution in [3.05, 3.63) is 12.2 Å². The number of aliphatic hydroxyl groups excluding tert-OH is 1. The van der Waals surface area contributed by atoms with Crippen LogP contribution < -0.4 is 0 Å². The molecule has 4 aliphatic carbocycles. The second-order valence-electron chi connectivity index (χ2n) is 8.67. The Hall–Kier alpha value is -0.300. The quantitative estimate of drug-likeness (QED) is 0.642. The van der Waals surface area contributed by atoms with Crippen LogP contribution in [0.25, 0.3) is 0 Å². The van der Waals surface area contributed by atoms with Crippen LogP contribution in [0.3, 0.4) is 0 Å². The van der Waals surface area contributed by atoms with Gasteiger partial charge in [0.1, 0.15) is 0 Å². The molecular weight excluding hydrogens is 244 g/mol. The van der Waals surface area contributed by atoms with Gasteiger partial charge in [-0.2, -0.15) is 0 Å². The van der Waals surface area contributed by atoms with Crippen molar-refractivity contribution in [3.63, 3.8) is 0 Å². The lowest BCUT2D eigenvalue weighted by Gasteiger charge is -2.59. The zero-order valence-electron chi connectivity index (χ0n) is 13.1. The van der Waals surface area contributed by atoms with E-state index >= 15 is 0 Å². The molecule has 0 unspecified atom stereocenters. The summed E-state index contributed by atoms with van der Waals surface area (Å²) in [4.78, 5) is 0. The minimum absolute atomic E-state index is 0.0229. The van der Waals surface area contributed by atoms with Gasteiger partial charge in [-0.1, -0.05) is 26.0 Å².